The Morgan fingerprint density at radius 2 is 1.26 bits per heavy atom. The Bertz CT molecular complexity index is 1840. The van der Waals surface area contributed by atoms with Gasteiger partial charge in [-0.3, -0.25) is 0 Å². The van der Waals surface area contributed by atoms with Gasteiger partial charge in [0.2, 0.25) is 17.8 Å². The third-order valence-electron chi connectivity index (χ3n) is 7.64. The number of benzene rings is 3. The van der Waals surface area contributed by atoms with Crippen molar-refractivity contribution in [3.8, 4) is 51.2 Å². The fraction of sp³-hybridized carbons (Fsp3) is 0.235. The molecule has 10 nitrogen and oxygen atoms in total. The van der Waals surface area contributed by atoms with Gasteiger partial charge in [0, 0.05) is 42.9 Å². The molecule has 0 fully saturated rings. The van der Waals surface area contributed by atoms with Gasteiger partial charge in [-0.1, -0.05) is 11.3 Å². The minimum absolute atomic E-state index is 0.339. The lowest BCUT2D eigenvalue weighted by Crippen LogP contribution is -2.28. The highest BCUT2D eigenvalue weighted by atomic mass is 19.1. The summed E-state index contributed by atoms with van der Waals surface area (Å²) in [6.07, 6.45) is 1.77. The van der Waals surface area contributed by atoms with Crippen LogP contribution in [0.25, 0.3) is 51.2 Å². The van der Waals surface area contributed by atoms with E-state index in [1.165, 1.54) is 24.3 Å². The van der Waals surface area contributed by atoms with E-state index in [1.54, 1.807) is 35.1 Å². The maximum absolute atomic E-state index is 13.7. The van der Waals surface area contributed by atoms with Crippen LogP contribution in [0.4, 0.5) is 20.7 Å². The predicted molar refractivity (Wildman–Crippen MR) is 174 cm³/mol. The van der Waals surface area contributed by atoms with Gasteiger partial charge in [0.1, 0.15) is 17.3 Å². The molecule has 0 saturated carbocycles. The average molecular weight is 622 g/mol. The molecule has 46 heavy (non-hydrogen) atoms. The molecule has 6 aromatic rings. The number of halogens is 2. The fourth-order valence-corrected chi connectivity index (χ4v) is 5.08. The third kappa shape index (κ3) is 6.19. The molecule has 0 aliphatic carbocycles. The van der Waals surface area contributed by atoms with Crippen molar-refractivity contribution < 1.29 is 13.2 Å². The van der Waals surface area contributed by atoms with Gasteiger partial charge in [0.25, 0.3) is 0 Å². The highest BCUT2D eigenvalue weighted by Gasteiger charge is 2.20. The standard InChI is InChI=1S/C34H33F2N9O/c1-5-43(6-2)33-38-31(39-34(40-33)44(7-3)8-4)28-21-45(42-41-28)27-11-9-10-24(20-27)32-37-29(22-12-16-25(35)17-13-22)30(46-32)23-14-18-26(36)19-15-23/h9-21H,5-8H2,1-4H3. The van der Waals surface area contributed by atoms with E-state index in [1.807, 2.05) is 24.3 Å². The molecule has 0 radical (unpaired) electrons. The summed E-state index contributed by atoms with van der Waals surface area (Å²) in [5, 5.41) is 8.78. The smallest absolute Gasteiger partial charge is 0.230 e. The molecule has 0 atom stereocenters. The number of anilines is 2. The molecule has 0 amide bonds. The average Bonchev–Trinajstić information content (AvgIpc) is 3.76. The van der Waals surface area contributed by atoms with Gasteiger partial charge in [-0.2, -0.15) is 15.0 Å². The van der Waals surface area contributed by atoms with E-state index >= 15 is 0 Å². The van der Waals surface area contributed by atoms with Gasteiger partial charge in [-0.05, 0) is 94.4 Å². The summed E-state index contributed by atoms with van der Waals surface area (Å²) in [5.41, 5.74) is 3.71. The van der Waals surface area contributed by atoms with Crippen molar-refractivity contribution in [1.29, 1.82) is 0 Å². The Morgan fingerprint density at radius 3 is 1.85 bits per heavy atom. The normalized spacial score (nSPS) is 11.2. The Hall–Kier alpha value is -5.52. The Balaban J connectivity index is 1.38. The van der Waals surface area contributed by atoms with Crippen LogP contribution in [0.1, 0.15) is 27.7 Å². The number of nitrogens with zero attached hydrogens (tertiary/aromatic N) is 9. The number of aromatic nitrogens is 7. The Labute approximate surface area is 265 Å². The van der Waals surface area contributed by atoms with Gasteiger partial charge >= 0.3 is 0 Å². The van der Waals surface area contributed by atoms with E-state index in [2.05, 4.69) is 47.8 Å². The quantitative estimate of drug-likeness (QED) is 0.150. The van der Waals surface area contributed by atoms with Crippen LogP contribution in [0.2, 0.25) is 0 Å². The lowest BCUT2D eigenvalue weighted by atomic mass is 10.1. The maximum atomic E-state index is 13.7. The van der Waals surface area contributed by atoms with E-state index < -0.39 is 0 Å². The summed E-state index contributed by atoms with van der Waals surface area (Å²) in [5.74, 6) is 1.67. The first kappa shape index (κ1) is 30.5. The molecule has 0 aliphatic rings. The topological polar surface area (TPSA) is 102 Å². The lowest BCUT2D eigenvalue weighted by Gasteiger charge is -2.23. The second-order valence-corrected chi connectivity index (χ2v) is 10.4. The fourth-order valence-electron chi connectivity index (χ4n) is 5.08. The minimum Gasteiger partial charge on any atom is -0.435 e. The SMILES string of the molecule is CCN(CC)c1nc(-c2cn(-c3cccc(-c4nc(-c5ccc(F)cc5)c(-c5ccc(F)cc5)o4)c3)nn2)nc(N(CC)CC)n1. The van der Waals surface area contributed by atoms with Crippen LogP contribution in [0, 0.1) is 11.6 Å². The van der Waals surface area contributed by atoms with Crippen molar-refractivity contribution in [3.63, 3.8) is 0 Å². The van der Waals surface area contributed by atoms with Crippen LogP contribution in [0.5, 0.6) is 0 Å². The van der Waals surface area contributed by atoms with Gasteiger partial charge < -0.3 is 14.2 Å². The van der Waals surface area contributed by atoms with E-state index in [4.69, 9.17) is 24.4 Å². The summed E-state index contributed by atoms with van der Waals surface area (Å²) in [4.78, 5) is 23.1. The summed E-state index contributed by atoms with van der Waals surface area (Å²) in [7, 11) is 0. The molecule has 0 saturated heterocycles. The molecular formula is C34H33F2N9O. The number of rotatable bonds is 11. The molecular weight excluding hydrogens is 588 g/mol. The van der Waals surface area contributed by atoms with Crippen molar-refractivity contribution in [2.45, 2.75) is 27.7 Å². The molecule has 0 N–H and O–H groups in total. The lowest BCUT2D eigenvalue weighted by molar-refractivity contribution is 0.588. The highest BCUT2D eigenvalue weighted by molar-refractivity contribution is 5.79. The molecule has 6 rings (SSSR count). The monoisotopic (exact) mass is 621 g/mol. The van der Waals surface area contributed by atoms with Crippen LogP contribution in [0.15, 0.2) is 83.4 Å². The summed E-state index contributed by atoms with van der Waals surface area (Å²) in [6.45, 7) is 11.3. The van der Waals surface area contributed by atoms with E-state index in [9.17, 15) is 8.78 Å². The van der Waals surface area contributed by atoms with E-state index in [0.29, 0.717) is 63.1 Å². The summed E-state index contributed by atoms with van der Waals surface area (Å²) >= 11 is 0. The maximum Gasteiger partial charge on any atom is 0.230 e. The second-order valence-electron chi connectivity index (χ2n) is 10.4. The predicted octanol–water partition coefficient (Wildman–Crippen LogP) is 7.08. The Kier molecular flexibility index (Phi) is 8.77. The summed E-state index contributed by atoms with van der Waals surface area (Å²) in [6, 6.07) is 19.5. The molecule has 0 unspecified atom stereocenters. The molecule has 0 aliphatic heterocycles. The summed E-state index contributed by atoms with van der Waals surface area (Å²) < 4.78 is 35.4. The number of oxazole rings is 1. The van der Waals surface area contributed by atoms with Gasteiger partial charge in [0.15, 0.2) is 17.3 Å². The molecule has 3 aromatic heterocycles. The van der Waals surface area contributed by atoms with Crippen molar-refractivity contribution >= 4 is 11.9 Å². The van der Waals surface area contributed by atoms with Crippen molar-refractivity contribution in [3.05, 3.63) is 90.6 Å². The Morgan fingerprint density at radius 1 is 0.674 bits per heavy atom. The zero-order chi connectivity index (χ0) is 32.2. The molecule has 3 aromatic carbocycles. The largest absolute Gasteiger partial charge is 0.435 e. The third-order valence-corrected chi connectivity index (χ3v) is 7.64. The van der Waals surface area contributed by atoms with Crippen LogP contribution in [-0.2, 0) is 0 Å². The molecule has 234 valence electrons. The second kappa shape index (κ2) is 13.2. The van der Waals surface area contributed by atoms with Crippen molar-refractivity contribution in [2.75, 3.05) is 36.0 Å². The molecule has 0 bridgehead atoms. The first-order valence-corrected chi connectivity index (χ1v) is 15.2. The van der Waals surface area contributed by atoms with Gasteiger partial charge in [-0.25, -0.2) is 18.4 Å². The van der Waals surface area contributed by atoms with Crippen LogP contribution in [0.3, 0.4) is 0 Å². The number of hydrogen-bond donors (Lipinski definition) is 0. The molecule has 3 heterocycles. The minimum atomic E-state index is -0.363. The van der Waals surface area contributed by atoms with E-state index in [-0.39, 0.29) is 11.6 Å². The van der Waals surface area contributed by atoms with E-state index in [0.717, 1.165) is 26.2 Å². The zero-order valence-electron chi connectivity index (χ0n) is 26.0. The van der Waals surface area contributed by atoms with Crippen LogP contribution in [-0.4, -0.2) is 61.1 Å². The zero-order valence-corrected chi connectivity index (χ0v) is 26.0. The van der Waals surface area contributed by atoms with Gasteiger partial charge in [-0.15, -0.1) is 5.10 Å². The van der Waals surface area contributed by atoms with Crippen molar-refractivity contribution in [2.24, 2.45) is 0 Å². The van der Waals surface area contributed by atoms with Gasteiger partial charge in [0.05, 0.1) is 11.9 Å². The molecule has 12 heteroatoms. The first-order chi connectivity index (χ1) is 22.4. The van der Waals surface area contributed by atoms with Crippen LogP contribution < -0.4 is 9.80 Å². The molecule has 0 spiro atoms. The first-order valence-electron chi connectivity index (χ1n) is 15.2. The highest BCUT2D eigenvalue weighted by Crippen LogP contribution is 2.36. The van der Waals surface area contributed by atoms with Crippen LogP contribution >= 0.6 is 0 Å². The van der Waals surface area contributed by atoms with Crippen molar-refractivity contribution in [1.82, 2.24) is 34.9 Å². The number of hydrogen-bond acceptors (Lipinski definition) is 9.